The lowest BCUT2D eigenvalue weighted by Gasteiger charge is -1.97. The molecular formula is C7H9BO. The van der Waals surface area contributed by atoms with E-state index in [1.807, 2.05) is 20.8 Å². The fourth-order valence-corrected chi connectivity index (χ4v) is 0.726. The molecule has 0 fully saturated rings. The average molecular weight is 120 g/mol. The minimum atomic E-state index is 0.345. The smallest absolute Gasteiger partial charge is 0.139 e. The summed E-state index contributed by atoms with van der Waals surface area (Å²) in [5.74, 6) is 0.345. The van der Waals surface area contributed by atoms with Gasteiger partial charge in [0.1, 0.15) is 13.6 Å². The van der Waals surface area contributed by atoms with E-state index in [-0.39, 0.29) is 0 Å². The maximum Gasteiger partial charge on any atom is 0.139 e. The van der Waals surface area contributed by atoms with Crippen molar-refractivity contribution in [3.8, 4) is 5.75 Å². The third-order valence-corrected chi connectivity index (χ3v) is 1.49. The highest BCUT2D eigenvalue weighted by molar-refractivity contribution is 6.33. The summed E-state index contributed by atoms with van der Waals surface area (Å²) in [7, 11) is 1.98. The Labute approximate surface area is 55.7 Å². The molecule has 0 radical (unpaired) electrons. The van der Waals surface area contributed by atoms with Gasteiger partial charge in [0, 0.05) is 0 Å². The van der Waals surface area contributed by atoms with E-state index in [1.54, 1.807) is 12.1 Å². The Morgan fingerprint density at radius 3 is 2.56 bits per heavy atom. The Kier molecular flexibility index (Phi) is 1.47. The Bertz CT molecular complexity index is 220. The Balaban J connectivity index is 3.17. The van der Waals surface area contributed by atoms with Crippen LogP contribution in [0.2, 0.25) is 0 Å². The van der Waals surface area contributed by atoms with Crippen molar-refractivity contribution in [3.05, 3.63) is 23.8 Å². The van der Waals surface area contributed by atoms with Crippen molar-refractivity contribution >= 4 is 13.3 Å². The largest absolute Gasteiger partial charge is 0.508 e. The monoisotopic (exact) mass is 120 g/mol. The number of aromatic hydroxyl groups is 1. The molecule has 1 N–H and O–H groups in total. The van der Waals surface area contributed by atoms with E-state index in [0.29, 0.717) is 5.75 Å². The number of phenols is 1. The minimum Gasteiger partial charge on any atom is -0.508 e. The molecular weight excluding hydrogens is 111 g/mol. The molecule has 46 valence electrons. The molecule has 0 unspecified atom stereocenters. The molecule has 0 aliphatic heterocycles. The van der Waals surface area contributed by atoms with Crippen LogP contribution >= 0.6 is 0 Å². The van der Waals surface area contributed by atoms with Crippen molar-refractivity contribution in [2.45, 2.75) is 6.92 Å². The normalized spacial score (nSPS) is 9.44. The standard InChI is InChI=1S/C7H9BO/c1-5-2-3-6(9)4-7(5)8/h2-4,9H,8H2,1H3. The summed E-state index contributed by atoms with van der Waals surface area (Å²) in [6.45, 7) is 2.02. The predicted molar refractivity (Wildman–Crippen MR) is 41.0 cm³/mol. The van der Waals surface area contributed by atoms with Crippen LogP contribution < -0.4 is 5.46 Å². The second-order valence-corrected chi connectivity index (χ2v) is 2.27. The molecule has 9 heavy (non-hydrogen) atoms. The summed E-state index contributed by atoms with van der Waals surface area (Å²) in [5, 5.41) is 8.94. The third-order valence-electron chi connectivity index (χ3n) is 1.49. The van der Waals surface area contributed by atoms with Crippen LogP contribution in [0.4, 0.5) is 0 Å². The Morgan fingerprint density at radius 2 is 2.11 bits per heavy atom. The zero-order chi connectivity index (χ0) is 6.85. The lowest BCUT2D eigenvalue weighted by molar-refractivity contribution is 0.475. The number of hydrogen-bond acceptors (Lipinski definition) is 1. The fourth-order valence-electron chi connectivity index (χ4n) is 0.726. The molecule has 0 aliphatic rings. The molecule has 0 bridgehead atoms. The van der Waals surface area contributed by atoms with E-state index in [4.69, 9.17) is 5.11 Å². The minimum absolute atomic E-state index is 0.345. The summed E-state index contributed by atoms with van der Waals surface area (Å²) in [4.78, 5) is 0. The van der Waals surface area contributed by atoms with E-state index in [0.717, 1.165) is 5.46 Å². The molecule has 0 spiro atoms. The lowest BCUT2D eigenvalue weighted by Crippen LogP contribution is -2.04. The molecule has 0 saturated heterocycles. The third kappa shape index (κ3) is 1.25. The van der Waals surface area contributed by atoms with Gasteiger partial charge in [0.15, 0.2) is 0 Å². The maximum absolute atomic E-state index is 8.94. The molecule has 0 aromatic heterocycles. The summed E-state index contributed by atoms with van der Waals surface area (Å²) >= 11 is 0. The molecule has 0 atom stereocenters. The summed E-state index contributed by atoms with van der Waals surface area (Å²) in [6.07, 6.45) is 0. The first-order valence-corrected chi connectivity index (χ1v) is 2.96. The van der Waals surface area contributed by atoms with Crippen molar-refractivity contribution in [3.63, 3.8) is 0 Å². The molecule has 1 nitrogen and oxygen atoms in total. The van der Waals surface area contributed by atoms with Gasteiger partial charge in [-0.25, -0.2) is 0 Å². The van der Waals surface area contributed by atoms with Crippen LogP contribution in [0.1, 0.15) is 5.56 Å². The van der Waals surface area contributed by atoms with Crippen LogP contribution in [-0.2, 0) is 0 Å². The number of phenolic OH excluding ortho intramolecular Hbond substituents is 1. The van der Waals surface area contributed by atoms with Crippen LogP contribution in [0.5, 0.6) is 5.75 Å². The average Bonchev–Trinajstić information content (AvgIpc) is 1.80. The second-order valence-electron chi connectivity index (χ2n) is 2.27. The summed E-state index contributed by atoms with van der Waals surface area (Å²) in [5.41, 5.74) is 2.35. The van der Waals surface area contributed by atoms with Gasteiger partial charge < -0.3 is 5.11 Å². The van der Waals surface area contributed by atoms with Gasteiger partial charge in [-0.05, 0) is 19.1 Å². The van der Waals surface area contributed by atoms with Crippen molar-refractivity contribution < 1.29 is 5.11 Å². The molecule has 0 saturated carbocycles. The van der Waals surface area contributed by atoms with Crippen LogP contribution in [0.3, 0.4) is 0 Å². The highest BCUT2D eigenvalue weighted by Crippen LogP contribution is 2.04. The van der Waals surface area contributed by atoms with Gasteiger partial charge in [0.25, 0.3) is 0 Å². The first-order chi connectivity index (χ1) is 4.20. The van der Waals surface area contributed by atoms with Gasteiger partial charge >= 0.3 is 0 Å². The first kappa shape index (κ1) is 6.21. The molecule has 2 heteroatoms. The summed E-state index contributed by atoms with van der Waals surface area (Å²) in [6, 6.07) is 5.36. The summed E-state index contributed by atoms with van der Waals surface area (Å²) < 4.78 is 0. The highest BCUT2D eigenvalue weighted by atomic mass is 16.3. The van der Waals surface area contributed by atoms with Gasteiger partial charge in [-0.2, -0.15) is 0 Å². The van der Waals surface area contributed by atoms with Crippen LogP contribution in [0, 0.1) is 6.92 Å². The topological polar surface area (TPSA) is 20.2 Å². The Hall–Kier alpha value is -0.915. The lowest BCUT2D eigenvalue weighted by atomic mass is 9.91. The SMILES string of the molecule is Bc1cc(O)ccc1C. The predicted octanol–water partition coefficient (Wildman–Crippen LogP) is -0.0410. The maximum atomic E-state index is 8.94. The van der Waals surface area contributed by atoms with Crippen molar-refractivity contribution in [2.24, 2.45) is 0 Å². The molecule has 1 aromatic rings. The van der Waals surface area contributed by atoms with Gasteiger partial charge in [-0.3, -0.25) is 0 Å². The van der Waals surface area contributed by atoms with Gasteiger partial charge in [0.05, 0.1) is 0 Å². The fraction of sp³-hybridized carbons (Fsp3) is 0.143. The molecule has 1 rings (SSSR count). The molecule has 1 aromatic carbocycles. The van der Waals surface area contributed by atoms with E-state index in [1.165, 1.54) is 5.56 Å². The van der Waals surface area contributed by atoms with Gasteiger partial charge in [-0.1, -0.05) is 17.1 Å². The van der Waals surface area contributed by atoms with Crippen LogP contribution in [0.15, 0.2) is 18.2 Å². The first-order valence-electron chi connectivity index (χ1n) is 2.96. The highest BCUT2D eigenvalue weighted by Gasteiger charge is 1.90. The number of aryl methyl sites for hydroxylation is 1. The van der Waals surface area contributed by atoms with E-state index in [9.17, 15) is 0 Å². The van der Waals surface area contributed by atoms with E-state index >= 15 is 0 Å². The van der Waals surface area contributed by atoms with E-state index in [2.05, 4.69) is 0 Å². The molecule has 0 amide bonds. The van der Waals surface area contributed by atoms with E-state index < -0.39 is 0 Å². The van der Waals surface area contributed by atoms with Crippen molar-refractivity contribution in [2.75, 3.05) is 0 Å². The van der Waals surface area contributed by atoms with Crippen molar-refractivity contribution in [1.29, 1.82) is 0 Å². The quantitative estimate of drug-likeness (QED) is 0.476. The molecule has 0 heterocycles. The van der Waals surface area contributed by atoms with Crippen LogP contribution in [0.25, 0.3) is 0 Å². The van der Waals surface area contributed by atoms with Crippen molar-refractivity contribution in [1.82, 2.24) is 0 Å². The number of rotatable bonds is 0. The number of hydrogen-bond donors (Lipinski definition) is 1. The van der Waals surface area contributed by atoms with Gasteiger partial charge in [0.2, 0.25) is 0 Å². The van der Waals surface area contributed by atoms with Gasteiger partial charge in [-0.15, -0.1) is 0 Å². The zero-order valence-electron chi connectivity index (χ0n) is 5.68. The number of benzene rings is 1. The second kappa shape index (κ2) is 2.13. The Morgan fingerprint density at radius 1 is 1.44 bits per heavy atom. The zero-order valence-corrected chi connectivity index (χ0v) is 5.68. The molecule has 0 aliphatic carbocycles. The van der Waals surface area contributed by atoms with Crippen LogP contribution in [-0.4, -0.2) is 13.0 Å².